The highest BCUT2D eigenvalue weighted by Crippen LogP contribution is 2.35. The molecule has 2 N–H and O–H groups in total. The van der Waals surface area contributed by atoms with Crippen molar-refractivity contribution in [1.82, 2.24) is 24.9 Å². The van der Waals surface area contributed by atoms with E-state index < -0.39 is 29.6 Å². The van der Waals surface area contributed by atoms with E-state index in [2.05, 4.69) is 25.7 Å². The third kappa shape index (κ3) is 4.46. The van der Waals surface area contributed by atoms with E-state index in [1.165, 1.54) is 35.1 Å². The van der Waals surface area contributed by atoms with Crippen molar-refractivity contribution in [3.05, 3.63) is 71.4 Å². The number of benzene rings is 1. The van der Waals surface area contributed by atoms with E-state index in [4.69, 9.17) is 4.74 Å². The van der Waals surface area contributed by atoms with Gasteiger partial charge in [-0.15, -0.1) is 0 Å². The number of hydrogen-bond donors (Lipinski definition) is 2. The molecule has 180 valence electrons. The Bertz CT molecular complexity index is 1440. The van der Waals surface area contributed by atoms with E-state index in [1.54, 1.807) is 6.92 Å². The minimum absolute atomic E-state index is 0.00674. The predicted octanol–water partition coefficient (Wildman–Crippen LogP) is 4.07. The van der Waals surface area contributed by atoms with Crippen molar-refractivity contribution in [3.63, 3.8) is 0 Å². The van der Waals surface area contributed by atoms with Crippen LogP contribution in [0.4, 0.5) is 23.4 Å². The molecule has 8 nitrogen and oxygen atoms in total. The van der Waals surface area contributed by atoms with Gasteiger partial charge in [-0.05, 0) is 30.7 Å². The number of carbonyl (C=O) groups excluding carboxylic acids is 1. The van der Waals surface area contributed by atoms with E-state index in [9.17, 15) is 22.4 Å². The number of aromatic nitrogens is 4. The standard InChI is InChI=1S/C23H18F4N6O2/c1-12-7-29-21(34)17-10-31-33-11-18(13-3-2-4-15(5-13)23(25,26)27)19(32-20(17)33)28-8-14-6-16(24)9-30-22(14)35-12/h2-6,9-12H,7-8H2,1H3,(H,28,32)(H,29,34)/t12-/m0/s1. The highest BCUT2D eigenvalue weighted by atomic mass is 19.4. The molecule has 1 aliphatic heterocycles. The number of pyridine rings is 1. The normalized spacial score (nSPS) is 16.4. The first-order valence-corrected chi connectivity index (χ1v) is 10.6. The molecule has 12 heteroatoms. The zero-order valence-electron chi connectivity index (χ0n) is 18.2. The third-order valence-corrected chi connectivity index (χ3v) is 5.44. The van der Waals surface area contributed by atoms with Crippen LogP contribution in [0, 0.1) is 5.82 Å². The fourth-order valence-corrected chi connectivity index (χ4v) is 3.72. The summed E-state index contributed by atoms with van der Waals surface area (Å²) in [7, 11) is 0. The third-order valence-electron chi connectivity index (χ3n) is 5.44. The van der Waals surface area contributed by atoms with Crippen molar-refractivity contribution in [2.45, 2.75) is 25.7 Å². The van der Waals surface area contributed by atoms with Crippen LogP contribution < -0.4 is 15.4 Å². The molecular formula is C23H18F4N6O2. The molecule has 5 rings (SSSR count). The average molecular weight is 486 g/mol. The van der Waals surface area contributed by atoms with Crippen molar-refractivity contribution < 1.29 is 27.1 Å². The number of amides is 1. The molecule has 2 bridgehead atoms. The van der Waals surface area contributed by atoms with Crippen LogP contribution in [0.2, 0.25) is 0 Å². The molecule has 0 radical (unpaired) electrons. The topological polar surface area (TPSA) is 93.4 Å². The van der Waals surface area contributed by atoms with E-state index >= 15 is 0 Å². The summed E-state index contributed by atoms with van der Waals surface area (Å²) in [6.45, 7) is 1.86. The zero-order valence-corrected chi connectivity index (χ0v) is 18.2. The smallest absolute Gasteiger partial charge is 0.416 e. The summed E-state index contributed by atoms with van der Waals surface area (Å²) in [5.74, 6) is -0.704. The molecule has 0 spiro atoms. The summed E-state index contributed by atoms with van der Waals surface area (Å²) < 4.78 is 61.1. The Kier molecular flexibility index (Phi) is 5.50. The lowest BCUT2D eigenvalue weighted by Crippen LogP contribution is -2.33. The number of fused-ring (bicyclic) bond motifs is 2. The van der Waals surface area contributed by atoms with Crippen LogP contribution in [-0.2, 0) is 12.7 Å². The number of nitrogens with zero attached hydrogens (tertiary/aromatic N) is 4. The Balaban J connectivity index is 1.67. The van der Waals surface area contributed by atoms with Crippen molar-refractivity contribution >= 4 is 17.4 Å². The highest BCUT2D eigenvalue weighted by Gasteiger charge is 2.31. The van der Waals surface area contributed by atoms with Gasteiger partial charge in [0.15, 0.2) is 5.65 Å². The van der Waals surface area contributed by atoms with Gasteiger partial charge in [-0.2, -0.15) is 18.3 Å². The van der Waals surface area contributed by atoms with Gasteiger partial charge in [-0.25, -0.2) is 18.9 Å². The molecular weight excluding hydrogens is 468 g/mol. The summed E-state index contributed by atoms with van der Waals surface area (Å²) in [4.78, 5) is 21.3. The van der Waals surface area contributed by atoms with Gasteiger partial charge in [-0.3, -0.25) is 4.79 Å². The minimum Gasteiger partial charge on any atom is -0.473 e. The maximum absolute atomic E-state index is 13.9. The Morgan fingerprint density at radius 1 is 1.14 bits per heavy atom. The Morgan fingerprint density at radius 2 is 1.97 bits per heavy atom. The molecule has 1 atom stereocenters. The molecule has 3 aromatic heterocycles. The lowest BCUT2D eigenvalue weighted by Gasteiger charge is -2.17. The summed E-state index contributed by atoms with van der Waals surface area (Å²) in [6.07, 6.45) is -1.20. The maximum atomic E-state index is 13.9. The van der Waals surface area contributed by atoms with Gasteiger partial charge in [0, 0.05) is 23.9 Å². The SMILES string of the molecule is C[C@H]1CNC(=O)c2cnn3cc(-c4cccc(C(F)(F)F)c4)c(nc23)NCc2cc(F)cnc2O1. The van der Waals surface area contributed by atoms with Gasteiger partial charge in [0.05, 0.1) is 24.5 Å². The Morgan fingerprint density at radius 3 is 2.77 bits per heavy atom. The molecule has 35 heavy (non-hydrogen) atoms. The second-order valence-electron chi connectivity index (χ2n) is 8.02. The van der Waals surface area contributed by atoms with Gasteiger partial charge < -0.3 is 15.4 Å². The van der Waals surface area contributed by atoms with E-state index in [1.807, 2.05) is 0 Å². The molecule has 1 aromatic carbocycles. The van der Waals surface area contributed by atoms with E-state index in [0.29, 0.717) is 11.1 Å². The molecule has 1 amide bonds. The van der Waals surface area contributed by atoms with Crippen LogP contribution in [0.3, 0.4) is 0 Å². The zero-order chi connectivity index (χ0) is 24.7. The second kappa shape index (κ2) is 8.53. The quantitative estimate of drug-likeness (QED) is 0.394. The van der Waals surface area contributed by atoms with Crippen LogP contribution in [0.5, 0.6) is 5.88 Å². The molecule has 0 aliphatic carbocycles. The summed E-state index contributed by atoms with van der Waals surface area (Å²) in [6, 6.07) is 6.01. The van der Waals surface area contributed by atoms with Gasteiger partial charge in [0.1, 0.15) is 23.3 Å². The van der Waals surface area contributed by atoms with Crippen molar-refractivity contribution in [2.24, 2.45) is 0 Å². The number of halogens is 4. The monoisotopic (exact) mass is 486 g/mol. The largest absolute Gasteiger partial charge is 0.473 e. The summed E-state index contributed by atoms with van der Waals surface area (Å²) in [5.41, 5.74) is 0.445. The first-order valence-electron chi connectivity index (χ1n) is 10.6. The fraction of sp³-hybridized carbons (Fsp3) is 0.217. The first kappa shape index (κ1) is 22.6. The minimum atomic E-state index is -4.54. The molecule has 0 saturated heterocycles. The van der Waals surface area contributed by atoms with Crippen LogP contribution in [0.1, 0.15) is 28.4 Å². The van der Waals surface area contributed by atoms with Gasteiger partial charge in [0.25, 0.3) is 5.91 Å². The van der Waals surface area contributed by atoms with Gasteiger partial charge in [-0.1, -0.05) is 12.1 Å². The second-order valence-corrected chi connectivity index (χ2v) is 8.02. The molecule has 0 unspecified atom stereocenters. The van der Waals surface area contributed by atoms with E-state index in [-0.39, 0.29) is 41.6 Å². The Hall–Kier alpha value is -4.22. The van der Waals surface area contributed by atoms with Crippen molar-refractivity contribution in [2.75, 3.05) is 11.9 Å². The first-order chi connectivity index (χ1) is 16.7. The number of hydrogen-bond acceptors (Lipinski definition) is 6. The van der Waals surface area contributed by atoms with Crippen LogP contribution in [0.25, 0.3) is 16.8 Å². The average Bonchev–Trinajstić information content (AvgIpc) is 3.24. The van der Waals surface area contributed by atoms with E-state index in [0.717, 1.165) is 18.3 Å². The molecule has 0 saturated carbocycles. The van der Waals surface area contributed by atoms with Crippen LogP contribution in [-0.4, -0.2) is 38.1 Å². The summed E-state index contributed by atoms with van der Waals surface area (Å²) >= 11 is 0. The fourth-order valence-electron chi connectivity index (χ4n) is 3.72. The van der Waals surface area contributed by atoms with Gasteiger partial charge >= 0.3 is 6.18 Å². The predicted molar refractivity (Wildman–Crippen MR) is 117 cm³/mol. The van der Waals surface area contributed by atoms with Crippen LogP contribution in [0.15, 0.2) is 48.9 Å². The number of ether oxygens (including phenoxy) is 1. The van der Waals surface area contributed by atoms with Crippen LogP contribution >= 0.6 is 0 Å². The molecule has 4 aromatic rings. The number of anilines is 1. The lowest BCUT2D eigenvalue weighted by atomic mass is 10.0. The molecule has 4 heterocycles. The van der Waals surface area contributed by atoms with Gasteiger partial charge in [0.2, 0.25) is 5.88 Å². The van der Waals surface area contributed by atoms with Crippen molar-refractivity contribution in [3.8, 4) is 17.0 Å². The maximum Gasteiger partial charge on any atom is 0.416 e. The molecule has 0 fully saturated rings. The van der Waals surface area contributed by atoms with Crippen molar-refractivity contribution in [1.29, 1.82) is 0 Å². The number of nitrogens with one attached hydrogen (secondary N) is 2. The number of rotatable bonds is 1. The lowest BCUT2D eigenvalue weighted by molar-refractivity contribution is -0.137. The molecule has 1 aliphatic rings. The highest BCUT2D eigenvalue weighted by molar-refractivity contribution is 6.00. The Labute approximate surface area is 196 Å². The number of carbonyl (C=O) groups is 1. The number of alkyl halides is 3. The summed E-state index contributed by atoms with van der Waals surface area (Å²) in [5, 5.41) is 9.94.